The molecule has 11 nitrogen and oxygen atoms in total. The van der Waals surface area contributed by atoms with Crippen molar-refractivity contribution in [1.29, 1.82) is 0 Å². The maximum atomic E-state index is 12.9. The van der Waals surface area contributed by atoms with E-state index in [0.29, 0.717) is 19.3 Å². The van der Waals surface area contributed by atoms with Crippen LogP contribution in [-0.4, -0.2) is 66.5 Å². The van der Waals surface area contributed by atoms with Gasteiger partial charge in [0.2, 0.25) is 0 Å². The monoisotopic (exact) mass is 1030 g/mol. The van der Waals surface area contributed by atoms with Crippen molar-refractivity contribution >= 4 is 25.7 Å². The molecular formula is C60H105O11P. The number of carbonyl (C=O) groups is 3. The van der Waals surface area contributed by atoms with Gasteiger partial charge in [-0.1, -0.05) is 216 Å². The molecule has 0 fully saturated rings. The third kappa shape index (κ3) is 51.8. The quantitative estimate of drug-likeness (QED) is 0.0197. The molecule has 0 spiro atoms. The first kappa shape index (κ1) is 68.9. The molecule has 72 heavy (non-hydrogen) atoms. The lowest BCUT2D eigenvalue weighted by Gasteiger charge is -2.21. The third-order valence-corrected chi connectivity index (χ3v) is 13.1. The van der Waals surface area contributed by atoms with Gasteiger partial charge in [-0.2, -0.15) is 0 Å². The van der Waals surface area contributed by atoms with E-state index in [1.165, 1.54) is 83.5 Å². The van der Waals surface area contributed by atoms with Crippen molar-refractivity contribution in [3.8, 4) is 0 Å². The van der Waals surface area contributed by atoms with E-state index in [-0.39, 0.29) is 25.9 Å². The summed E-state index contributed by atoms with van der Waals surface area (Å²) >= 11 is 0. The van der Waals surface area contributed by atoms with Crippen LogP contribution in [0.4, 0.5) is 0 Å². The fourth-order valence-electron chi connectivity index (χ4n) is 7.73. The topological polar surface area (TPSA) is 155 Å². The van der Waals surface area contributed by atoms with Gasteiger partial charge in [0.1, 0.15) is 12.7 Å². The molecule has 3 unspecified atom stereocenters. The Balaban J connectivity index is 4.76. The number of aliphatic hydroxyl groups is 1. The predicted octanol–water partition coefficient (Wildman–Crippen LogP) is 16.9. The maximum absolute atomic E-state index is 12.9. The molecule has 0 aromatic rings. The fourth-order valence-corrected chi connectivity index (χ4v) is 8.51. The zero-order valence-electron chi connectivity index (χ0n) is 45.9. The van der Waals surface area contributed by atoms with Gasteiger partial charge < -0.3 is 24.2 Å². The summed E-state index contributed by atoms with van der Waals surface area (Å²) in [7, 11) is -4.75. The molecule has 0 aromatic heterocycles. The number of allylic oxidation sites excluding steroid dienone is 12. The van der Waals surface area contributed by atoms with Gasteiger partial charge in [-0.15, -0.1) is 0 Å². The molecule has 416 valence electrons. The number of hydrogen-bond acceptors (Lipinski definition) is 10. The summed E-state index contributed by atoms with van der Waals surface area (Å²) in [5, 5.41) is 9.80. The Morgan fingerprint density at radius 3 is 1.15 bits per heavy atom. The van der Waals surface area contributed by atoms with Crippen LogP contribution in [0.15, 0.2) is 72.9 Å². The Kier molecular flexibility index (Phi) is 51.9. The van der Waals surface area contributed by atoms with Gasteiger partial charge in [0, 0.05) is 19.3 Å². The molecule has 3 atom stereocenters. The molecule has 0 aliphatic heterocycles. The number of rotatable bonds is 53. The number of esters is 3. The summed E-state index contributed by atoms with van der Waals surface area (Å²) in [4.78, 5) is 48.5. The fraction of sp³-hybridized carbons (Fsp3) is 0.750. The molecule has 0 saturated carbocycles. The van der Waals surface area contributed by atoms with Crippen LogP contribution in [0.5, 0.6) is 0 Å². The van der Waals surface area contributed by atoms with E-state index in [4.69, 9.17) is 23.3 Å². The van der Waals surface area contributed by atoms with Crippen LogP contribution in [-0.2, 0) is 42.2 Å². The second-order valence-corrected chi connectivity index (χ2v) is 20.5. The molecular weight excluding hydrogens is 928 g/mol. The molecule has 0 saturated heterocycles. The average Bonchev–Trinajstić information content (AvgIpc) is 3.37. The summed E-state index contributed by atoms with van der Waals surface area (Å²) in [6, 6.07) is 0. The molecule has 0 bridgehead atoms. The second kappa shape index (κ2) is 54.2. The number of phosphoric acid groups is 1. The van der Waals surface area contributed by atoms with Crippen LogP contribution >= 0.6 is 7.82 Å². The smallest absolute Gasteiger partial charge is 0.462 e. The summed E-state index contributed by atoms with van der Waals surface area (Å²) in [5.41, 5.74) is 0. The van der Waals surface area contributed by atoms with E-state index in [9.17, 15) is 28.9 Å². The van der Waals surface area contributed by atoms with Crippen LogP contribution in [0.25, 0.3) is 0 Å². The number of hydrogen-bond donors (Lipinski definition) is 2. The highest BCUT2D eigenvalue weighted by molar-refractivity contribution is 7.47. The Labute approximate surface area is 439 Å². The Hall–Kier alpha value is -3.08. The number of aliphatic hydroxyl groups excluding tert-OH is 1. The standard InChI is InChI=1S/C60H105O11P/c1-4-7-10-13-16-19-22-25-26-27-28-29-30-33-34-37-40-43-46-49-58(62)67-53-57(71-60(64)51-48-45-42-39-36-32-24-21-18-15-12-9-6-3)55-69-72(65,66)68-54-56(52-61)70-59(63)50-47-44-41-38-35-31-23-20-17-14-11-8-5-2/h7,10,16,19,21,24-26,28-29,33-34,56-57,61H,4-6,8-9,11-15,17-18,20,22-23,27,30-32,35-55H2,1-3H3,(H,65,66)/b10-7-,19-16-,24-21-,26-25-,29-28-,34-33-. The Morgan fingerprint density at radius 2 is 0.722 bits per heavy atom. The normalized spacial score (nSPS) is 13.9. The van der Waals surface area contributed by atoms with Gasteiger partial charge in [-0.25, -0.2) is 4.57 Å². The van der Waals surface area contributed by atoms with E-state index in [0.717, 1.165) is 109 Å². The second-order valence-electron chi connectivity index (χ2n) is 19.1. The van der Waals surface area contributed by atoms with E-state index < -0.39 is 57.8 Å². The first-order valence-corrected chi connectivity index (χ1v) is 30.3. The minimum Gasteiger partial charge on any atom is -0.462 e. The number of phosphoric ester groups is 1. The van der Waals surface area contributed by atoms with Gasteiger partial charge in [0.05, 0.1) is 19.8 Å². The number of unbranched alkanes of at least 4 members (excludes halogenated alkanes) is 24. The molecule has 2 N–H and O–H groups in total. The first-order valence-electron chi connectivity index (χ1n) is 28.8. The van der Waals surface area contributed by atoms with E-state index in [2.05, 4.69) is 93.7 Å². The lowest BCUT2D eigenvalue weighted by molar-refractivity contribution is -0.161. The lowest BCUT2D eigenvalue weighted by Crippen LogP contribution is -2.30. The lowest BCUT2D eigenvalue weighted by atomic mass is 10.0. The van der Waals surface area contributed by atoms with E-state index in [1.54, 1.807) is 0 Å². The van der Waals surface area contributed by atoms with Crippen molar-refractivity contribution < 1.29 is 52.2 Å². The summed E-state index contributed by atoms with van der Waals surface area (Å²) in [6.45, 7) is 4.48. The van der Waals surface area contributed by atoms with Crippen molar-refractivity contribution in [3.63, 3.8) is 0 Å². The third-order valence-electron chi connectivity index (χ3n) is 12.1. The molecule has 0 rings (SSSR count). The van der Waals surface area contributed by atoms with Crippen LogP contribution < -0.4 is 0 Å². The number of carbonyl (C=O) groups excluding carboxylic acids is 3. The van der Waals surface area contributed by atoms with Gasteiger partial charge in [0.25, 0.3) is 0 Å². The van der Waals surface area contributed by atoms with Gasteiger partial charge in [-0.05, 0) is 89.9 Å². The summed E-state index contributed by atoms with van der Waals surface area (Å²) in [6.07, 6.45) is 60.0. The van der Waals surface area contributed by atoms with Gasteiger partial charge >= 0.3 is 25.7 Å². The highest BCUT2D eigenvalue weighted by Gasteiger charge is 2.28. The number of ether oxygens (including phenoxy) is 3. The van der Waals surface area contributed by atoms with E-state index >= 15 is 0 Å². The minimum atomic E-state index is -4.75. The Morgan fingerprint density at radius 1 is 0.403 bits per heavy atom. The molecule has 0 heterocycles. The predicted molar refractivity (Wildman–Crippen MR) is 298 cm³/mol. The SMILES string of the molecule is CC/C=C\C/C=C\C/C=C\C/C=C\C/C=C\CCCCCC(=O)OCC(COP(=O)(O)OCC(CO)OC(=O)CCCCCCCCCCCCCCC)OC(=O)CCCCCCC/C=C\CCCCCC. The summed E-state index contributed by atoms with van der Waals surface area (Å²) < 4.78 is 39.5. The van der Waals surface area contributed by atoms with Crippen molar-refractivity contribution in [1.82, 2.24) is 0 Å². The zero-order chi connectivity index (χ0) is 52.7. The average molecular weight is 1030 g/mol. The molecule has 0 aromatic carbocycles. The molecule has 12 heteroatoms. The van der Waals surface area contributed by atoms with Crippen LogP contribution in [0.1, 0.15) is 252 Å². The molecule has 0 aliphatic carbocycles. The van der Waals surface area contributed by atoms with Crippen LogP contribution in [0, 0.1) is 0 Å². The van der Waals surface area contributed by atoms with Crippen molar-refractivity contribution in [3.05, 3.63) is 72.9 Å². The van der Waals surface area contributed by atoms with Gasteiger partial charge in [0.15, 0.2) is 6.10 Å². The molecule has 0 radical (unpaired) electrons. The van der Waals surface area contributed by atoms with Crippen LogP contribution in [0.2, 0.25) is 0 Å². The highest BCUT2D eigenvalue weighted by Crippen LogP contribution is 2.43. The zero-order valence-corrected chi connectivity index (χ0v) is 46.8. The molecule has 0 amide bonds. The minimum absolute atomic E-state index is 0.149. The Bertz CT molecular complexity index is 1490. The van der Waals surface area contributed by atoms with E-state index in [1.807, 2.05) is 0 Å². The highest BCUT2D eigenvalue weighted by atomic mass is 31.2. The van der Waals surface area contributed by atoms with Crippen molar-refractivity contribution in [2.45, 2.75) is 264 Å². The maximum Gasteiger partial charge on any atom is 0.472 e. The largest absolute Gasteiger partial charge is 0.472 e. The van der Waals surface area contributed by atoms with Crippen molar-refractivity contribution in [2.24, 2.45) is 0 Å². The van der Waals surface area contributed by atoms with Crippen molar-refractivity contribution in [2.75, 3.05) is 26.4 Å². The van der Waals surface area contributed by atoms with Crippen LogP contribution in [0.3, 0.4) is 0 Å². The summed E-state index contributed by atoms with van der Waals surface area (Å²) in [5.74, 6) is -1.51. The first-order chi connectivity index (χ1) is 35.2. The molecule has 0 aliphatic rings. The van der Waals surface area contributed by atoms with Gasteiger partial charge in [-0.3, -0.25) is 23.4 Å².